The van der Waals surface area contributed by atoms with Crippen molar-refractivity contribution >= 4 is 23.2 Å². The molecule has 12 heteroatoms. The molecule has 0 unspecified atom stereocenters. The molecule has 0 aliphatic carbocycles. The highest BCUT2D eigenvalue weighted by molar-refractivity contribution is 5.49. The topological polar surface area (TPSA) is 78.6 Å². The van der Waals surface area contributed by atoms with Crippen molar-refractivity contribution in [2.24, 2.45) is 0 Å². The summed E-state index contributed by atoms with van der Waals surface area (Å²) in [6.07, 6.45) is -4.61. The third-order valence-corrected chi connectivity index (χ3v) is 4.68. The summed E-state index contributed by atoms with van der Waals surface area (Å²) in [5, 5.41) is 10.9. The van der Waals surface area contributed by atoms with E-state index in [4.69, 9.17) is 0 Å². The number of aromatic nitrogens is 6. The van der Waals surface area contributed by atoms with Gasteiger partial charge in [-0.1, -0.05) is 0 Å². The van der Waals surface area contributed by atoms with Crippen LogP contribution in [0.5, 0.6) is 0 Å². The van der Waals surface area contributed by atoms with Crippen LogP contribution in [-0.2, 0) is 6.18 Å². The largest absolute Gasteiger partial charge is 0.453 e. The molecule has 3 aromatic heterocycles. The normalized spacial score (nSPS) is 15.2. The summed E-state index contributed by atoms with van der Waals surface area (Å²) in [6, 6.07) is 5.06. The summed E-state index contributed by atoms with van der Waals surface area (Å²) in [4.78, 5) is 15.0. The summed E-state index contributed by atoms with van der Waals surface area (Å²) < 4.78 is 40.0. The van der Waals surface area contributed by atoms with Crippen LogP contribution in [0.1, 0.15) is 11.5 Å². The first-order chi connectivity index (χ1) is 13.7. The van der Waals surface area contributed by atoms with Gasteiger partial charge < -0.3 is 14.7 Å². The Hall–Kier alpha value is -3.18. The molecule has 0 aromatic carbocycles. The molecule has 0 amide bonds. The van der Waals surface area contributed by atoms with Crippen molar-refractivity contribution in [3.05, 3.63) is 29.7 Å². The van der Waals surface area contributed by atoms with E-state index in [-0.39, 0.29) is 5.65 Å². The lowest BCUT2D eigenvalue weighted by Crippen LogP contribution is -2.47. The molecule has 1 aliphatic heterocycles. The molecule has 0 atom stereocenters. The summed E-state index contributed by atoms with van der Waals surface area (Å²) in [5.74, 6) is 0.795. The van der Waals surface area contributed by atoms with E-state index in [9.17, 15) is 13.2 Å². The fourth-order valence-electron chi connectivity index (χ4n) is 3.17. The van der Waals surface area contributed by atoms with Crippen molar-refractivity contribution < 1.29 is 13.2 Å². The minimum Gasteiger partial charge on any atom is -0.363 e. The first-order valence-electron chi connectivity index (χ1n) is 9.05. The van der Waals surface area contributed by atoms with Crippen molar-refractivity contribution in [2.45, 2.75) is 13.1 Å². The van der Waals surface area contributed by atoms with Crippen molar-refractivity contribution in [2.75, 3.05) is 55.0 Å². The van der Waals surface area contributed by atoms with E-state index in [0.717, 1.165) is 16.0 Å². The molecule has 1 aliphatic rings. The van der Waals surface area contributed by atoms with E-state index in [1.54, 1.807) is 6.07 Å². The molecule has 0 radical (unpaired) electrons. The van der Waals surface area contributed by atoms with Crippen LogP contribution in [0, 0.1) is 6.92 Å². The first kappa shape index (κ1) is 19.2. The van der Waals surface area contributed by atoms with Crippen molar-refractivity contribution in [3.8, 4) is 0 Å². The molecule has 0 bridgehead atoms. The smallest absolute Gasteiger partial charge is 0.363 e. The average molecular weight is 407 g/mol. The zero-order valence-electron chi connectivity index (χ0n) is 16.2. The van der Waals surface area contributed by atoms with Crippen LogP contribution < -0.4 is 14.7 Å². The minimum absolute atomic E-state index is 0.0593. The fraction of sp³-hybridized carbons (Fsp3) is 0.471. The van der Waals surface area contributed by atoms with Crippen LogP contribution in [0.25, 0.3) is 5.65 Å². The number of fused-ring (bicyclic) bond motifs is 1. The first-order valence-corrected chi connectivity index (χ1v) is 9.05. The van der Waals surface area contributed by atoms with Gasteiger partial charge in [0, 0.05) is 52.0 Å². The SMILES string of the molecule is Cc1cc(N(C)C)nc(N2CCN(c3ccc4nnc(C(F)(F)F)n4n3)CC2)n1. The van der Waals surface area contributed by atoms with E-state index in [1.807, 2.05) is 36.9 Å². The van der Waals surface area contributed by atoms with Crippen LogP contribution in [0.15, 0.2) is 18.2 Å². The second kappa shape index (κ2) is 7.01. The van der Waals surface area contributed by atoms with E-state index in [0.29, 0.717) is 37.9 Å². The Morgan fingerprint density at radius 3 is 2.31 bits per heavy atom. The van der Waals surface area contributed by atoms with Gasteiger partial charge in [-0.15, -0.1) is 15.3 Å². The molecule has 9 nitrogen and oxygen atoms in total. The van der Waals surface area contributed by atoms with Gasteiger partial charge in [0.25, 0.3) is 5.82 Å². The molecule has 4 rings (SSSR count). The quantitative estimate of drug-likeness (QED) is 0.649. The third-order valence-electron chi connectivity index (χ3n) is 4.68. The Morgan fingerprint density at radius 2 is 1.66 bits per heavy atom. The van der Waals surface area contributed by atoms with Gasteiger partial charge in [0.1, 0.15) is 11.6 Å². The van der Waals surface area contributed by atoms with Crippen LogP contribution in [-0.4, -0.2) is 70.1 Å². The van der Waals surface area contributed by atoms with Crippen LogP contribution in [0.2, 0.25) is 0 Å². The number of halogens is 3. The lowest BCUT2D eigenvalue weighted by molar-refractivity contribution is -0.146. The van der Waals surface area contributed by atoms with Gasteiger partial charge in [0.05, 0.1) is 0 Å². The Bertz CT molecular complexity index is 1020. The predicted octanol–water partition coefficient (Wildman–Crippen LogP) is 1.63. The molecular weight excluding hydrogens is 387 g/mol. The van der Waals surface area contributed by atoms with Crippen LogP contribution >= 0.6 is 0 Å². The van der Waals surface area contributed by atoms with Gasteiger partial charge in [-0.25, -0.2) is 4.98 Å². The Balaban J connectivity index is 1.53. The molecule has 0 spiro atoms. The second-order valence-corrected chi connectivity index (χ2v) is 7.02. The molecule has 1 fully saturated rings. The zero-order valence-corrected chi connectivity index (χ0v) is 16.2. The highest BCUT2D eigenvalue weighted by atomic mass is 19.4. The number of piperazine rings is 1. The van der Waals surface area contributed by atoms with E-state index >= 15 is 0 Å². The fourth-order valence-corrected chi connectivity index (χ4v) is 3.17. The summed E-state index contributed by atoms with van der Waals surface area (Å²) in [6.45, 7) is 4.34. The lowest BCUT2D eigenvalue weighted by atomic mass is 10.3. The number of alkyl halides is 3. The lowest BCUT2D eigenvalue weighted by Gasteiger charge is -2.35. The van der Waals surface area contributed by atoms with Crippen molar-refractivity contribution in [3.63, 3.8) is 0 Å². The number of aryl methyl sites for hydroxylation is 1. The van der Waals surface area contributed by atoms with E-state index in [2.05, 4.69) is 30.2 Å². The van der Waals surface area contributed by atoms with Crippen LogP contribution in [0.4, 0.5) is 30.8 Å². The summed E-state index contributed by atoms with van der Waals surface area (Å²) >= 11 is 0. The highest BCUT2D eigenvalue weighted by Gasteiger charge is 2.38. The summed E-state index contributed by atoms with van der Waals surface area (Å²) in [5.41, 5.74) is 0.935. The molecular formula is C17H20F3N9. The van der Waals surface area contributed by atoms with Gasteiger partial charge in [-0.05, 0) is 19.1 Å². The van der Waals surface area contributed by atoms with Crippen LogP contribution in [0.3, 0.4) is 0 Å². The molecule has 154 valence electrons. The van der Waals surface area contributed by atoms with Crippen molar-refractivity contribution in [1.82, 2.24) is 29.8 Å². The molecule has 4 heterocycles. The van der Waals surface area contributed by atoms with E-state index in [1.165, 1.54) is 6.07 Å². The predicted molar refractivity (Wildman–Crippen MR) is 101 cm³/mol. The Labute approximate surface area is 164 Å². The number of anilines is 3. The monoisotopic (exact) mass is 407 g/mol. The maximum absolute atomic E-state index is 13.1. The number of rotatable bonds is 3. The summed E-state index contributed by atoms with van der Waals surface area (Å²) in [7, 11) is 3.84. The maximum atomic E-state index is 13.1. The number of hydrogen-bond acceptors (Lipinski definition) is 8. The number of hydrogen-bond donors (Lipinski definition) is 0. The van der Waals surface area contributed by atoms with Gasteiger partial charge in [0.15, 0.2) is 5.65 Å². The molecule has 3 aromatic rings. The highest BCUT2D eigenvalue weighted by Crippen LogP contribution is 2.28. The van der Waals surface area contributed by atoms with E-state index < -0.39 is 12.0 Å². The molecule has 29 heavy (non-hydrogen) atoms. The molecule has 0 saturated carbocycles. The third kappa shape index (κ3) is 3.74. The second-order valence-electron chi connectivity index (χ2n) is 7.02. The number of nitrogens with zero attached hydrogens (tertiary/aromatic N) is 9. The molecule has 0 N–H and O–H groups in total. The Morgan fingerprint density at radius 1 is 0.966 bits per heavy atom. The standard InChI is InChI=1S/C17H20F3N9/c1-11-10-14(26(2)3)22-16(21-11)28-8-6-27(7-9-28)13-5-4-12-23-24-15(17(18,19)20)29(12)25-13/h4-5,10H,6-9H2,1-3H3. The minimum atomic E-state index is -4.61. The van der Waals surface area contributed by atoms with Gasteiger partial charge in [-0.2, -0.15) is 22.7 Å². The Kier molecular flexibility index (Phi) is 4.63. The van der Waals surface area contributed by atoms with Gasteiger partial charge >= 0.3 is 6.18 Å². The van der Waals surface area contributed by atoms with Gasteiger partial charge in [0.2, 0.25) is 5.95 Å². The molecule has 1 saturated heterocycles. The van der Waals surface area contributed by atoms with Crippen molar-refractivity contribution in [1.29, 1.82) is 0 Å². The van der Waals surface area contributed by atoms with Gasteiger partial charge in [-0.3, -0.25) is 0 Å². The maximum Gasteiger partial charge on any atom is 0.453 e. The zero-order chi connectivity index (χ0) is 20.8. The average Bonchev–Trinajstić information content (AvgIpc) is 3.11.